The van der Waals surface area contributed by atoms with Gasteiger partial charge >= 0.3 is 5.97 Å². The van der Waals surface area contributed by atoms with Gasteiger partial charge in [0.25, 0.3) is 0 Å². The van der Waals surface area contributed by atoms with E-state index in [1.54, 1.807) is 30.3 Å². The molecule has 0 spiro atoms. The van der Waals surface area contributed by atoms with Crippen LogP contribution in [0.3, 0.4) is 0 Å². The Kier molecular flexibility index (Phi) is 6.67. The zero-order valence-electron chi connectivity index (χ0n) is 17.4. The molecular weight excluding hydrogens is 434 g/mol. The highest BCUT2D eigenvalue weighted by Gasteiger charge is 2.18. The second-order valence-electron chi connectivity index (χ2n) is 7.25. The molecule has 170 valence electrons. The van der Waals surface area contributed by atoms with E-state index >= 15 is 0 Å². The van der Waals surface area contributed by atoms with Crippen LogP contribution in [0.2, 0.25) is 0 Å². The number of aromatic nitrogens is 5. The van der Waals surface area contributed by atoms with Crippen molar-refractivity contribution in [2.45, 2.75) is 25.8 Å². The van der Waals surface area contributed by atoms with Crippen LogP contribution in [0.1, 0.15) is 24.8 Å². The van der Waals surface area contributed by atoms with Crippen LogP contribution in [0, 0.1) is 11.6 Å². The number of nitrogens with zero attached hydrogens (tertiary/aromatic N) is 5. The van der Waals surface area contributed by atoms with Gasteiger partial charge in [0.05, 0.1) is 18.4 Å². The van der Waals surface area contributed by atoms with E-state index in [2.05, 4.69) is 25.5 Å². The van der Waals surface area contributed by atoms with E-state index in [-0.39, 0.29) is 29.7 Å². The van der Waals surface area contributed by atoms with E-state index in [1.807, 2.05) is 0 Å². The van der Waals surface area contributed by atoms with Gasteiger partial charge in [0.2, 0.25) is 0 Å². The average Bonchev–Trinajstić information content (AvgIpc) is 3.47. The van der Waals surface area contributed by atoms with Crippen molar-refractivity contribution in [3.8, 4) is 22.9 Å². The van der Waals surface area contributed by atoms with Gasteiger partial charge < -0.3 is 14.9 Å². The summed E-state index contributed by atoms with van der Waals surface area (Å²) in [4.78, 5) is 18.7. The summed E-state index contributed by atoms with van der Waals surface area (Å²) in [7, 11) is 0. The molecule has 1 aliphatic rings. The fourth-order valence-electron chi connectivity index (χ4n) is 2.76. The maximum atomic E-state index is 14.1. The van der Waals surface area contributed by atoms with Crippen molar-refractivity contribution in [3.63, 3.8) is 0 Å². The third kappa shape index (κ3) is 5.76. The van der Waals surface area contributed by atoms with Crippen LogP contribution in [0.5, 0.6) is 0 Å². The lowest BCUT2D eigenvalue weighted by molar-refractivity contribution is -0.134. The number of carboxylic acid groups (broad SMARTS) is 1. The van der Waals surface area contributed by atoms with E-state index in [0.717, 1.165) is 6.20 Å². The minimum absolute atomic E-state index is 0.0568. The highest BCUT2D eigenvalue weighted by molar-refractivity contribution is 5.72. The predicted octanol–water partition coefficient (Wildman–Crippen LogP) is 3.99. The second-order valence-corrected chi connectivity index (χ2v) is 7.25. The molecule has 1 aromatic carbocycles. The Morgan fingerprint density at radius 2 is 1.91 bits per heavy atom. The van der Waals surface area contributed by atoms with Crippen LogP contribution in [0.25, 0.3) is 22.9 Å². The fourth-order valence-corrected chi connectivity index (χ4v) is 2.76. The van der Waals surface area contributed by atoms with Crippen molar-refractivity contribution >= 4 is 11.8 Å². The lowest BCUT2D eigenvalue weighted by atomic mass is 10.2. The SMILES string of the molecule is C1CC1.O=C(O)CNc1nc(-c2cc(-c3ccon3)n(Cc3ccccc3F)n2)ncc1F. The summed E-state index contributed by atoms with van der Waals surface area (Å²) in [6.07, 6.45) is 6.80. The standard InChI is InChI=1S/C19H14F2N6O3.C3H6/c20-12-4-2-1-3-11(12)10-27-16(14-5-6-30-26-14)7-15(25-27)19-22-8-13(21)18(24-19)23-9-17(28)29;1-2-3-1/h1-8H,9-10H2,(H,28,29)(H,22,23,24);1-3H2. The topological polar surface area (TPSA) is 119 Å². The van der Waals surface area contributed by atoms with Gasteiger partial charge in [-0.05, 0) is 12.1 Å². The molecule has 0 bridgehead atoms. The normalized spacial score (nSPS) is 12.1. The second kappa shape index (κ2) is 9.98. The molecule has 33 heavy (non-hydrogen) atoms. The first-order valence-corrected chi connectivity index (χ1v) is 10.2. The number of carbonyl (C=O) groups is 1. The van der Waals surface area contributed by atoms with E-state index in [9.17, 15) is 13.6 Å². The van der Waals surface area contributed by atoms with Crippen molar-refractivity contribution in [1.29, 1.82) is 0 Å². The molecule has 1 aliphatic carbocycles. The van der Waals surface area contributed by atoms with Gasteiger partial charge in [-0.25, -0.2) is 18.7 Å². The molecule has 5 rings (SSSR count). The molecule has 0 amide bonds. The number of halogens is 2. The molecule has 0 radical (unpaired) electrons. The lowest BCUT2D eigenvalue weighted by Crippen LogP contribution is -2.15. The number of aliphatic carboxylic acids is 1. The Hall–Kier alpha value is -4.15. The minimum atomic E-state index is -1.17. The summed E-state index contributed by atoms with van der Waals surface area (Å²) in [5.74, 6) is -2.58. The number of anilines is 1. The van der Waals surface area contributed by atoms with Gasteiger partial charge in [-0.15, -0.1) is 0 Å². The van der Waals surface area contributed by atoms with E-state index < -0.39 is 18.3 Å². The third-order valence-corrected chi connectivity index (χ3v) is 4.49. The number of hydrogen-bond donors (Lipinski definition) is 2. The summed E-state index contributed by atoms with van der Waals surface area (Å²) in [6.45, 7) is -0.417. The molecule has 2 N–H and O–H groups in total. The molecule has 0 atom stereocenters. The summed E-state index contributed by atoms with van der Waals surface area (Å²) in [5.41, 5.74) is 1.63. The average molecular weight is 454 g/mol. The van der Waals surface area contributed by atoms with Crippen LogP contribution < -0.4 is 5.32 Å². The molecule has 0 aliphatic heterocycles. The zero-order valence-corrected chi connectivity index (χ0v) is 17.4. The maximum Gasteiger partial charge on any atom is 0.322 e. The molecule has 3 aromatic heterocycles. The highest BCUT2D eigenvalue weighted by Crippen LogP contribution is 2.25. The summed E-state index contributed by atoms with van der Waals surface area (Å²) in [5, 5.41) is 19.5. The lowest BCUT2D eigenvalue weighted by Gasteiger charge is -2.07. The Morgan fingerprint density at radius 1 is 1.12 bits per heavy atom. The molecule has 0 saturated heterocycles. The van der Waals surface area contributed by atoms with Gasteiger partial charge in [-0.3, -0.25) is 9.48 Å². The Labute approximate surface area is 187 Å². The molecular formula is C22H20F2N6O3. The quantitative estimate of drug-likeness (QED) is 0.430. The number of nitrogens with one attached hydrogen (secondary N) is 1. The zero-order chi connectivity index (χ0) is 23.2. The first-order chi connectivity index (χ1) is 16.0. The van der Waals surface area contributed by atoms with Crippen LogP contribution in [-0.4, -0.2) is 42.5 Å². The number of carboxylic acids is 1. The molecule has 11 heteroatoms. The Bertz CT molecular complexity index is 1240. The number of hydrogen-bond acceptors (Lipinski definition) is 7. The van der Waals surface area contributed by atoms with Gasteiger partial charge in [-0.1, -0.05) is 42.6 Å². The van der Waals surface area contributed by atoms with Gasteiger partial charge in [0, 0.05) is 11.6 Å². The van der Waals surface area contributed by atoms with Crippen molar-refractivity contribution in [1.82, 2.24) is 24.9 Å². The molecule has 1 fully saturated rings. The Balaban J connectivity index is 0.000000799. The minimum Gasteiger partial charge on any atom is -0.480 e. The third-order valence-electron chi connectivity index (χ3n) is 4.49. The number of benzene rings is 1. The van der Waals surface area contributed by atoms with Crippen LogP contribution >= 0.6 is 0 Å². The molecule has 4 aromatic rings. The van der Waals surface area contributed by atoms with Crippen molar-refractivity contribution in [2.24, 2.45) is 0 Å². The summed E-state index contributed by atoms with van der Waals surface area (Å²) >= 11 is 0. The van der Waals surface area contributed by atoms with Gasteiger partial charge in [0.15, 0.2) is 17.5 Å². The molecule has 9 nitrogen and oxygen atoms in total. The van der Waals surface area contributed by atoms with Crippen molar-refractivity contribution in [2.75, 3.05) is 11.9 Å². The largest absolute Gasteiger partial charge is 0.480 e. The van der Waals surface area contributed by atoms with Crippen LogP contribution in [0.15, 0.2) is 53.4 Å². The summed E-state index contributed by atoms with van der Waals surface area (Å²) < 4.78 is 34.4. The molecule has 0 unspecified atom stereocenters. The van der Waals surface area contributed by atoms with Crippen LogP contribution in [-0.2, 0) is 11.3 Å². The van der Waals surface area contributed by atoms with Crippen molar-refractivity contribution in [3.05, 3.63) is 66.1 Å². The van der Waals surface area contributed by atoms with Gasteiger partial charge in [0.1, 0.15) is 30.0 Å². The predicted molar refractivity (Wildman–Crippen MR) is 114 cm³/mol. The van der Waals surface area contributed by atoms with E-state index in [0.29, 0.717) is 17.0 Å². The first-order valence-electron chi connectivity index (χ1n) is 10.2. The van der Waals surface area contributed by atoms with Crippen molar-refractivity contribution < 1.29 is 23.2 Å². The first kappa shape index (κ1) is 22.1. The highest BCUT2D eigenvalue weighted by atomic mass is 19.1. The monoisotopic (exact) mass is 454 g/mol. The Morgan fingerprint density at radius 3 is 2.58 bits per heavy atom. The van der Waals surface area contributed by atoms with Crippen LogP contribution in [0.4, 0.5) is 14.6 Å². The molecule has 3 heterocycles. The van der Waals surface area contributed by atoms with E-state index in [4.69, 9.17) is 9.63 Å². The maximum absolute atomic E-state index is 14.1. The molecule has 1 saturated carbocycles. The number of rotatable bonds is 7. The fraction of sp³-hybridized carbons (Fsp3) is 0.227. The van der Waals surface area contributed by atoms with Gasteiger partial charge in [-0.2, -0.15) is 5.10 Å². The smallest absolute Gasteiger partial charge is 0.322 e. The summed E-state index contributed by atoms with van der Waals surface area (Å²) in [6, 6.07) is 9.49. The van der Waals surface area contributed by atoms with E-state index in [1.165, 1.54) is 36.3 Å².